The Morgan fingerprint density at radius 2 is 2.55 bits per heavy atom. The molecule has 62 valence electrons. The van der Waals surface area contributed by atoms with Gasteiger partial charge in [0, 0.05) is 18.3 Å². The van der Waals surface area contributed by atoms with Crippen LogP contribution in [-0.4, -0.2) is 12.3 Å². The molecular weight excluding hydrogens is 138 g/mol. The minimum absolute atomic E-state index is 0.204. The Kier molecular flexibility index (Phi) is 2.69. The lowest BCUT2D eigenvalue weighted by Gasteiger charge is -2.20. The summed E-state index contributed by atoms with van der Waals surface area (Å²) in [6.07, 6.45) is 3.96. The average molecular weight is 153 g/mol. The van der Waals surface area contributed by atoms with Crippen LogP contribution in [0.25, 0.3) is 0 Å². The maximum atomic E-state index is 11.0. The van der Waals surface area contributed by atoms with Crippen molar-refractivity contribution in [1.29, 1.82) is 0 Å². The molecule has 0 saturated carbocycles. The molecule has 0 aromatic heterocycles. The zero-order valence-corrected chi connectivity index (χ0v) is 7.18. The summed E-state index contributed by atoms with van der Waals surface area (Å²) in [6, 6.07) is 0. The lowest BCUT2D eigenvalue weighted by molar-refractivity contribution is -0.113. The van der Waals surface area contributed by atoms with Crippen LogP contribution in [0.4, 0.5) is 0 Å². The third kappa shape index (κ3) is 2.07. The lowest BCUT2D eigenvalue weighted by atomic mass is 9.93. The summed E-state index contributed by atoms with van der Waals surface area (Å²) in [5, 5.41) is 3.13. The van der Waals surface area contributed by atoms with E-state index < -0.39 is 0 Å². The van der Waals surface area contributed by atoms with Crippen LogP contribution in [0.1, 0.15) is 26.7 Å². The highest BCUT2D eigenvalue weighted by atomic mass is 16.1. The van der Waals surface area contributed by atoms with E-state index in [0.717, 1.165) is 25.0 Å². The van der Waals surface area contributed by atoms with Gasteiger partial charge in [0.25, 0.3) is 0 Å². The summed E-state index contributed by atoms with van der Waals surface area (Å²) in [6.45, 7) is 4.81. The third-order valence-electron chi connectivity index (χ3n) is 2.22. The number of hydrogen-bond donors (Lipinski definition) is 1. The fourth-order valence-electron chi connectivity index (χ4n) is 1.32. The Morgan fingerprint density at radius 1 is 1.82 bits per heavy atom. The van der Waals surface area contributed by atoms with Crippen LogP contribution in [0.15, 0.2) is 11.8 Å². The van der Waals surface area contributed by atoms with Gasteiger partial charge < -0.3 is 5.32 Å². The molecule has 0 aliphatic carbocycles. The Labute approximate surface area is 67.7 Å². The number of rotatable bonds is 2. The number of nitrogens with one attached hydrogen (secondary N) is 1. The Morgan fingerprint density at radius 3 is 3.09 bits per heavy atom. The van der Waals surface area contributed by atoms with Crippen LogP contribution in [0.2, 0.25) is 0 Å². The number of hydrogen-bond acceptors (Lipinski definition) is 2. The van der Waals surface area contributed by atoms with Gasteiger partial charge in [0.2, 0.25) is 0 Å². The van der Waals surface area contributed by atoms with Crippen LogP contribution >= 0.6 is 0 Å². The molecule has 0 bridgehead atoms. The maximum Gasteiger partial charge on any atom is 0.157 e. The molecule has 11 heavy (non-hydrogen) atoms. The first-order chi connectivity index (χ1) is 5.24. The van der Waals surface area contributed by atoms with E-state index in [4.69, 9.17) is 0 Å². The normalized spacial score (nSPS) is 23.8. The summed E-state index contributed by atoms with van der Waals surface area (Å²) < 4.78 is 0. The number of carbonyl (C=O) groups excluding carboxylic acids is 1. The van der Waals surface area contributed by atoms with Crippen molar-refractivity contribution in [2.24, 2.45) is 5.92 Å². The SMILES string of the molecule is CCC1CNC=C(C(C)=O)C1. The minimum atomic E-state index is 0.204. The van der Waals surface area contributed by atoms with Gasteiger partial charge >= 0.3 is 0 Å². The maximum absolute atomic E-state index is 11.0. The van der Waals surface area contributed by atoms with Crippen molar-refractivity contribution in [1.82, 2.24) is 5.32 Å². The molecule has 1 N–H and O–H groups in total. The summed E-state index contributed by atoms with van der Waals surface area (Å²) in [5.41, 5.74) is 0.947. The van der Waals surface area contributed by atoms with Crippen LogP contribution in [0.3, 0.4) is 0 Å². The van der Waals surface area contributed by atoms with Crippen molar-refractivity contribution in [2.75, 3.05) is 6.54 Å². The van der Waals surface area contributed by atoms with Crippen LogP contribution in [0.5, 0.6) is 0 Å². The van der Waals surface area contributed by atoms with Crippen molar-refractivity contribution >= 4 is 5.78 Å². The number of carbonyl (C=O) groups is 1. The first kappa shape index (κ1) is 8.31. The van der Waals surface area contributed by atoms with Gasteiger partial charge in [-0.1, -0.05) is 13.3 Å². The van der Waals surface area contributed by atoms with Crippen molar-refractivity contribution in [2.45, 2.75) is 26.7 Å². The topological polar surface area (TPSA) is 29.1 Å². The fraction of sp³-hybridized carbons (Fsp3) is 0.667. The van der Waals surface area contributed by atoms with E-state index in [-0.39, 0.29) is 5.78 Å². The molecule has 1 atom stereocenters. The first-order valence-electron chi connectivity index (χ1n) is 4.17. The van der Waals surface area contributed by atoms with E-state index in [1.165, 1.54) is 0 Å². The zero-order valence-electron chi connectivity index (χ0n) is 7.18. The second-order valence-electron chi connectivity index (χ2n) is 3.11. The smallest absolute Gasteiger partial charge is 0.157 e. The largest absolute Gasteiger partial charge is 0.390 e. The van der Waals surface area contributed by atoms with E-state index in [2.05, 4.69) is 12.2 Å². The molecule has 0 amide bonds. The second kappa shape index (κ2) is 3.56. The van der Waals surface area contributed by atoms with Gasteiger partial charge in [0.1, 0.15) is 0 Å². The van der Waals surface area contributed by atoms with E-state index in [1.807, 2.05) is 6.20 Å². The lowest BCUT2D eigenvalue weighted by Crippen LogP contribution is -2.25. The molecule has 1 rings (SSSR count). The molecule has 1 heterocycles. The van der Waals surface area contributed by atoms with Crippen LogP contribution < -0.4 is 5.32 Å². The highest BCUT2D eigenvalue weighted by molar-refractivity contribution is 5.93. The summed E-state index contributed by atoms with van der Waals surface area (Å²) in [7, 11) is 0. The van der Waals surface area contributed by atoms with E-state index in [0.29, 0.717) is 5.92 Å². The predicted octanol–water partition coefficient (Wildman–Crippen LogP) is 1.48. The van der Waals surface area contributed by atoms with Crippen LogP contribution in [0, 0.1) is 5.92 Å². The summed E-state index contributed by atoms with van der Waals surface area (Å²) in [5.74, 6) is 0.856. The third-order valence-corrected chi connectivity index (χ3v) is 2.22. The van der Waals surface area contributed by atoms with Gasteiger partial charge in [0.05, 0.1) is 0 Å². The second-order valence-corrected chi connectivity index (χ2v) is 3.11. The van der Waals surface area contributed by atoms with Gasteiger partial charge in [-0.05, 0) is 19.3 Å². The number of ketones is 1. The Hall–Kier alpha value is -0.790. The van der Waals surface area contributed by atoms with Gasteiger partial charge in [-0.3, -0.25) is 4.79 Å². The molecule has 0 saturated heterocycles. The minimum Gasteiger partial charge on any atom is -0.390 e. The van der Waals surface area contributed by atoms with Crippen molar-refractivity contribution < 1.29 is 4.79 Å². The van der Waals surface area contributed by atoms with Crippen molar-refractivity contribution in [3.8, 4) is 0 Å². The molecule has 0 radical (unpaired) electrons. The van der Waals surface area contributed by atoms with Gasteiger partial charge in [-0.2, -0.15) is 0 Å². The molecule has 1 unspecified atom stereocenters. The van der Waals surface area contributed by atoms with Crippen molar-refractivity contribution in [3.63, 3.8) is 0 Å². The molecule has 1 aliphatic rings. The molecule has 0 aromatic carbocycles. The van der Waals surface area contributed by atoms with Gasteiger partial charge in [0.15, 0.2) is 5.78 Å². The van der Waals surface area contributed by atoms with Crippen LogP contribution in [-0.2, 0) is 4.79 Å². The molecule has 0 aromatic rings. The quantitative estimate of drug-likeness (QED) is 0.651. The molecule has 0 spiro atoms. The Bertz CT molecular complexity index is 184. The number of Topliss-reactive ketones (excluding diaryl/α,β-unsaturated/α-hetero) is 1. The van der Waals surface area contributed by atoms with Gasteiger partial charge in [-0.15, -0.1) is 0 Å². The zero-order chi connectivity index (χ0) is 8.27. The highest BCUT2D eigenvalue weighted by Crippen LogP contribution is 2.18. The monoisotopic (exact) mass is 153 g/mol. The standard InChI is InChI=1S/C9H15NO/c1-3-8-4-9(7(2)11)6-10-5-8/h6,8,10H,3-5H2,1-2H3. The Balaban J connectivity index is 2.55. The molecule has 2 nitrogen and oxygen atoms in total. The van der Waals surface area contributed by atoms with E-state index in [1.54, 1.807) is 6.92 Å². The van der Waals surface area contributed by atoms with E-state index >= 15 is 0 Å². The summed E-state index contributed by atoms with van der Waals surface area (Å²) in [4.78, 5) is 11.0. The van der Waals surface area contributed by atoms with Crippen molar-refractivity contribution in [3.05, 3.63) is 11.8 Å². The first-order valence-corrected chi connectivity index (χ1v) is 4.17. The molecular formula is C9H15NO. The summed E-state index contributed by atoms with van der Waals surface area (Å²) >= 11 is 0. The predicted molar refractivity (Wildman–Crippen MR) is 45.2 cm³/mol. The highest BCUT2D eigenvalue weighted by Gasteiger charge is 2.15. The molecule has 2 heteroatoms. The number of allylic oxidation sites excluding steroid dienone is 1. The van der Waals surface area contributed by atoms with Gasteiger partial charge in [-0.25, -0.2) is 0 Å². The molecule has 0 fully saturated rings. The molecule has 1 aliphatic heterocycles. The average Bonchev–Trinajstić information content (AvgIpc) is 2.05. The van der Waals surface area contributed by atoms with E-state index in [9.17, 15) is 4.79 Å². The fourth-order valence-corrected chi connectivity index (χ4v) is 1.32.